The highest BCUT2D eigenvalue weighted by atomic mass is 35.5. The smallest absolute Gasteiger partial charge is 0.119 e. The van der Waals surface area contributed by atoms with Crippen LogP contribution >= 0.6 is 34.5 Å². The second kappa shape index (κ2) is 7.29. The Kier molecular flexibility index (Phi) is 5.69. The van der Waals surface area contributed by atoms with Crippen LogP contribution in [0.4, 0.5) is 0 Å². The largest absolute Gasteiger partial charge is 0.494 e. The Morgan fingerprint density at radius 2 is 2.00 bits per heavy atom. The molecule has 0 bridgehead atoms. The van der Waals surface area contributed by atoms with Gasteiger partial charge in [-0.25, -0.2) is 5.43 Å². The zero-order chi connectivity index (χ0) is 14.5. The van der Waals surface area contributed by atoms with Gasteiger partial charge in [0.1, 0.15) is 5.75 Å². The van der Waals surface area contributed by atoms with Crippen LogP contribution in [0.5, 0.6) is 5.75 Å². The Morgan fingerprint density at radius 1 is 1.30 bits per heavy atom. The van der Waals surface area contributed by atoms with Crippen LogP contribution in [0.25, 0.3) is 0 Å². The lowest BCUT2D eigenvalue weighted by Crippen LogP contribution is -2.28. The van der Waals surface area contributed by atoms with Crippen LogP contribution in [0.3, 0.4) is 0 Å². The summed E-state index contributed by atoms with van der Waals surface area (Å²) >= 11 is 13.5. The third kappa shape index (κ3) is 3.65. The lowest BCUT2D eigenvalue weighted by atomic mass is 10.0. The van der Waals surface area contributed by atoms with Gasteiger partial charge in [-0.3, -0.25) is 5.84 Å². The number of rotatable bonds is 6. The average molecular weight is 331 g/mol. The van der Waals surface area contributed by atoms with Crippen molar-refractivity contribution in [3.05, 3.63) is 50.1 Å². The standard InChI is InChI=1S/C14H16Cl2N2OS/c1-2-7-19-10-5-3-9(4-6-10)13(18-17)11-8-12(15)20-14(11)16/h3-6,8,13,18H,2,7,17H2,1H3. The second-order valence-electron chi connectivity index (χ2n) is 4.30. The third-order valence-corrected chi connectivity index (χ3v) is 4.37. The van der Waals surface area contributed by atoms with Crippen molar-refractivity contribution in [2.75, 3.05) is 6.61 Å². The van der Waals surface area contributed by atoms with Crippen molar-refractivity contribution >= 4 is 34.5 Å². The van der Waals surface area contributed by atoms with E-state index in [4.69, 9.17) is 33.8 Å². The minimum absolute atomic E-state index is 0.188. The molecular weight excluding hydrogens is 315 g/mol. The summed E-state index contributed by atoms with van der Waals surface area (Å²) in [5.74, 6) is 6.50. The maximum atomic E-state index is 6.18. The van der Waals surface area contributed by atoms with E-state index in [1.54, 1.807) is 0 Å². The van der Waals surface area contributed by atoms with Crippen molar-refractivity contribution in [1.29, 1.82) is 0 Å². The molecule has 20 heavy (non-hydrogen) atoms. The van der Waals surface area contributed by atoms with Gasteiger partial charge in [0.15, 0.2) is 0 Å². The molecule has 1 aromatic carbocycles. The molecule has 0 aliphatic rings. The van der Waals surface area contributed by atoms with E-state index in [1.807, 2.05) is 30.3 Å². The van der Waals surface area contributed by atoms with E-state index in [-0.39, 0.29) is 6.04 Å². The number of benzene rings is 1. The molecule has 1 heterocycles. The van der Waals surface area contributed by atoms with Gasteiger partial charge in [0, 0.05) is 5.56 Å². The molecule has 0 saturated carbocycles. The number of nitrogens with one attached hydrogen (secondary N) is 1. The molecule has 0 amide bonds. The van der Waals surface area contributed by atoms with Gasteiger partial charge in [0.05, 0.1) is 21.3 Å². The van der Waals surface area contributed by atoms with E-state index < -0.39 is 0 Å². The lowest BCUT2D eigenvalue weighted by Gasteiger charge is -2.16. The van der Waals surface area contributed by atoms with Crippen LogP contribution in [0.15, 0.2) is 30.3 Å². The Hall–Kier alpha value is -0.780. The fourth-order valence-electron chi connectivity index (χ4n) is 1.89. The number of thiophene rings is 1. The fraction of sp³-hybridized carbons (Fsp3) is 0.286. The van der Waals surface area contributed by atoms with Gasteiger partial charge >= 0.3 is 0 Å². The van der Waals surface area contributed by atoms with Gasteiger partial charge in [-0.2, -0.15) is 0 Å². The predicted molar refractivity (Wildman–Crippen MR) is 85.7 cm³/mol. The average Bonchev–Trinajstić information content (AvgIpc) is 2.78. The maximum absolute atomic E-state index is 6.18. The van der Waals surface area contributed by atoms with Gasteiger partial charge in [-0.05, 0) is 30.2 Å². The molecule has 2 aromatic rings. The highest BCUT2D eigenvalue weighted by Crippen LogP contribution is 2.37. The zero-order valence-corrected chi connectivity index (χ0v) is 13.4. The second-order valence-corrected chi connectivity index (χ2v) is 6.58. The van der Waals surface area contributed by atoms with E-state index in [0.29, 0.717) is 15.3 Å². The SMILES string of the molecule is CCCOc1ccc(C(NN)c2cc(Cl)sc2Cl)cc1. The summed E-state index contributed by atoms with van der Waals surface area (Å²) in [5.41, 5.74) is 4.66. The molecule has 0 aliphatic carbocycles. The van der Waals surface area contributed by atoms with Gasteiger partial charge in [-0.1, -0.05) is 42.3 Å². The Balaban J connectivity index is 2.21. The van der Waals surface area contributed by atoms with E-state index in [9.17, 15) is 0 Å². The highest BCUT2D eigenvalue weighted by Gasteiger charge is 2.18. The van der Waals surface area contributed by atoms with Gasteiger partial charge < -0.3 is 4.74 Å². The van der Waals surface area contributed by atoms with Crippen LogP contribution in [0, 0.1) is 0 Å². The normalized spacial score (nSPS) is 12.4. The molecule has 1 aromatic heterocycles. The van der Waals surface area contributed by atoms with E-state index in [0.717, 1.165) is 23.3 Å². The quantitative estimate of drug-likeness (QED) is 0.609. The molecule has 0 radical (unpaired) electrons. The molecular formula is C14H16Cl2N2OS. The summed E-state index contributed by atoms with van der Waals surface area (Å²) in [6, 6.07) is 9.44. The Labute approximate surface area is 132 Å². The number of hydrogen-bond donors (Lipinski definition) is 2. The maximum Gasteiger partial charge on any atom is 0.119 e. The molecule has 0 aliphatic heterocycles. The predicted octanol–water partition coefficient (Wildman–Crippen LogP) is 4.40. The zero-order valence-electron chi connectivity index (χ0n) is 11.0. The van der Waals surface area contributed by atoms with E-state index >= 15 is 0 Å². The number of nitrogens with two attached hydrogens (primary N) is 1. The molecule has 1 atom stereocenters. The van der Waals surface area contributed by atoms with Crippen LogP contribution in [-0.2, 0) is 0 Å². The van der Waals surface area contributed by atoms with Crippen molar-refractivity contribution in [1.82, 2.24) is 5.43 Å². The summed E-state index contributed by atoms with van der Waals surface area (Å²) in [4.78, 5) is 0. The molecule has 108 valence electrons. The molecule has 6 heteroatoms. The number of hydrogen-bond acceptors (Lipinski definition) is 4. The number of halogens is 2. The number of hydrazine groups is 1. The van der Waals surface area contributed by atoms with Gasteiger partial charge in [0.2, 0.25) is 0 Å². The van der Waals surface area contributed by atoms with E-state index in [2.05, 4.69) is 12.3 Å². The van der Waals surface area contributed by atoms with Crippen molar-refractivity contribution in [3.63, 3.8) is 0 Å². The van der Waals surface area contributed by atoms with Gasteiger partial charge in [-0.15, -0.1) is 11.3 Å². The van der Waals surface area contributed by atoms with Crippen LogP contribution in [0.1, 0.15) is 30.5 Å². The molecule has 3 N–H and O–H groups in total. The van der Waals surface area contributed by atoms with E-state index in [1.165, 1.54) is 11.3 Å². The first kappa shape index (κ1) is 15.6. The monoisotopic (exact) mass is 330 g/mol. The summed E-state index contributed by atoms with van der Waals surface area (Å²) in [5, 5.41) is 0. The molecule has 0 saturated heterocycles. The van der Waals surface area contributed by atoms with Crippen LogP contribution in [0.2, 0.25) is 8.67 Å². The Morgan fingerprint density at radius 3 is 2.50 bits per heavy atom. The third-order valence-electron chi connectivity index (χ3n) is 2.85. The molecule has 1 unspecified atom stereocenters. The first-order valence-electron chi connectivity index (χ1n) is 6.29. The first-order chi connectivity index (χ1) is 9.65. The number of ether oxygens (including phenoxy) is 1. The minimum Gasteiger partial charge on any atom is -0.494 e. The van der Waals surface area contributed by atoms with Crippen molar-refractivity contribution in [2.45, 2.75) is 19.4 Å². The molecule has 0 fully saturated rings. The topological polar surface area (TPSA) is 47.3 Å². The first-order valence-corrected chi connectivity index (χ1v) is 7.86. The van der Waals surface area contributed by atoms with Gasteiger partial charge in [0.25, 0.3) is 0 Å². The molecule has 2 rings (SSSR count). The molecule has 0 spiro atoms. The molecule has 3 nitrogen and oxygen atoms in total. The van der Waals surface area contributed by atoms with Crippen molar-refractivity contribution < 1.29 is 4.74 Å². The summed E-state index contributed by atoms with van der Waals surface area (Å²) in [7, 11) is 0. The van der Waals surface area contributed by atoms with Crippen LogP contribution in [-0.4, -0.2) is 6.61 Å². The summed E-state index contributed by atoms with van der Waals surface area (Å²) < 4.78 is 6.85. The van der Waals surface area contributed by atoms with Crippen molar-refractivity contribution in [2.24, 2.45) is 5.84 Å². The fourth-order valence-corrected chi connectivity index (χ4v) is 3.42. The van der Waals surface area contributed by atoms with Crippen molar-refractivity contribution in [3.8, 4) is 5.75 Å². The lowest BCUT2D eigenvalue weighted by molar-refractivity contribution is 0.317. The Bertz CT molecular complexity index is 557. The minimum atomic E-state index is -0.188. The summed E-state index contributed by atoms with van der Waals surface area (Å²) in [6.07, 6.45) is 0.984. The summed E-state index contributed by atoms with van der Waals surface area (Å²) in [6.45, 7) is 2.79. The highest BCUT2D eigenvalue weighted by molar-refractivity contribution is 7.20. The van der Waals surface area contributed by atoms with Crippen LogP contribution < -0.4 is 16.0 Å².